The lowest BCUT2D eigenvalue weighted by Gasteiger charge is -2.07. The van der Waals surface area contributed by atoms with Crippen LogP contribution in [0.2, 0.25) is 8.67 Å². The van der Waals surface area contributed by atoms with E-state index in [4.69, 9.17) is 23.2 Å². The molecule has 0 bridgehead atoms. The minimum absolute atomic E-state index is 0.123. The number of halogens is 5. The van der Waals surface area contributed by atoms with Crippen LogP contribution in [0, 0.1) is 0 Å². The van der Waals surface area contributed by atoms with Gasteiger partial charge < -0.3 is 4.98 Å². The predicted octanol–water partition coefficient (Wildman–Crippen LogP) is 6.03. The molecule has 2 heterocycles. The molecular formula is C14H6Cl2F3NOS. The van der Waals surface area contributed by atoms with Crippen LogP contribution < -0.4 is 0 Å². The smallest absolute Gasteiger partial charge is 0.353 e. The van der Waals surface area contributed by atoms with Gasteiger partial charge in [-0.1, -0.05) is 35.3 Å². The summed E-state index contributed by atoms with van der Waals surface area (Å²) >= 11 is 13.0. The molecule has 1 aromatic carbocycles. The SMILES string of the molecule is O=Cc1c(-c2cc(Cl)sc2Cl)[nH]c2c(C(F)(F)F)cccc12. The number of aromatic amines is 1. The Morgan fingerprint density at radius 1 is 1.23 bits per heavy atom. The molecule has 0 saturated carbocycles. The fraction of sp³-hybridized carbons (Fsp3) is 0.0714. The largest absolute Gasteiger partial charge is 0.418 e. The van der Waals surface area contributed by atoms with Crippen molar-refractivity contribution in [2.24, 2.45) is 0 Å². The maximum absolute atomic E-state index is 13.1. The van der Waals surface area contributed by atoms with Crippen LogP contribution in [-0.4, -0.2) is 11.3 Å². The van der Waals surface area contributed by atoms with Gasteiger partial charge in [-0.15, -0.1) is 11.3 Å². The lowest BCUT2D eigenvalue weighted by atomic mass is 10.1. The molecule has 3 rings (SSSR count). The highest BCUT2D eigenvalue weighted by atomic mass is 35.5. The quantitative estimate of drug-likeness (QED) is 0.553. The molecule has 0 radical (unpaired) electrons. The molecular weight excluding hydrogens is 358 g/mol. The summed E-state index contributed by atoms with van der Waals surface area (Å²) in [5.41, 5.74) is -0.224. The molecule has 0 aliphatic heterocycles. The van der Waals surface area contributed by atoms with Crippen molar-refractivity contribution in [2.45, 2.75) is 6.18 Å². The number of thiophene rings is 1. The summed E-state index contributed by atoms with van der Waals surface area (Å²) in [6, 6.07) is 5.19. The molecule has 2 aromatic heterocycles. The number of para-hydroxylation sites is 1. The molecule has 0 aliphatic rings. The Balaban J connectivity index is 2.38. The van der Waals surface area contributed by atoms with E-state index in [0.717, 1.165) is 17.4 Å². The van der Waals surface area contributed by atoms with Crippen molar-refractivity contribution in [3.8, 4) is 11.3 Å². The van der Waals surface area contributed by atoms with E-state index in [1.165, 1.54) is 18.2 Å². The highest BCUT2D eigenvalue weighted by molar-refractivity contribution is 7.20. The van der Waals surface area contributed by atoms with Gasteiger partial charge in [0.1, 0.15) is 4.34 Å². The van der Waals surface area contributed by atoms with Crippen molar-refractivity contribution in [1.82, 2.24) is 4.98 Å². The fourth-order valence-corrected chi connectivity index (χ4v) is 3.80. The van der Waals surface area contributed by atoms with Gasteiger partial charge >= 0.3 is 6.18 Å². The van der Waals surface area contributed by atoms with Crippen LogP contribution in [0.25, 0.3) is 22.2 Å². The van der Waals surface area contributed by atoms with Crippen LogP contribution in [0.5, 0.6) is 0 Å². The number of carbonyl (C=O) groups is 1. The highest BCUT2D eigenvalue weighted by Gasteiger charge is 2.34. The van der Waals surface area contributed by atoms with E-state index >= 15 is 0 Å². The van der Waals surface area contributed by atoms with Gasteiger partial charge in [-0.3, -0.25) is 4.79 Å². The molecule has 0 amide bonds. The molecule has 0 aliphatic carbocycles. The summed E-state index contributed by atoms with van der Waals surface area (Å²) in [4.78, 5) is 14.1. The number of hydrogen-bond donors (Lipinski definition) is 1. The van der Waals surface area contributed by atoms with Crippen LogP contribution in [0.4, 0.5) is 13.2 Å². The van der Waals surface area contributed by atoms with E-state index < -0.39 is 11.7 Å². The summed E-state index contributed by atoms with van der Waals surface area (Å²) < 4.78 is 40.0. The summed E-state index contributed by atoms with van der Waals surface area (Å²) in [6.45, 7) is 0. The van der Waals surface area contributed by atoms with Gasteiger partial charge in [0.25, 0.3) is 0 Å². The highest BCUT2D eigenvalue weighted by Crippen LogP contribution is 2.42. The first kappa shape index (κ1) is 15.4. The van der Waals surface area contributed by atoms with Crippen molar-refractivity contribution in [3.05, 3.63) is 44.1 Å². The topological polar surface area (TPSA) is 32.9 Å². The van der Waals surface area contributed by atoms with Crippen LogP contribution in [-0.2, 0) is 6.18 Å². The maximum atomic E-state index is 13.1. The third kappa shape index (κ3) is 2.41. The van der Waals surface area contributed by atoms with Gasteiger partial charge in [-0.25, -0.2) is 0 Å². The molecule has 1 N–H and O–H groups in total. The lowest BCUT2D eigenvalue weighted by molar-refractivity contribution is -0.136. The molecule has 22 heavy (non-hydrogen) atoms. The molecule has 0 saturated heterocycles. The average molecular weight is 364 g/mol. The molecule has 2 nitrogen and oxygen atoms in total. The second-order valence-corrected chi connectivity index (χ2v) is 6.78. The third-order valence-corrected chi connectivity index (χ3v) is 4.71. The second-order valence-electron chi connectivity index (χ2n) is 4.50. The van der Waals surface area contributed by atoms with E-state index in [1.807, 2.05) is 0 Å². The van der Waals surface area contributed by atoms with Gasteiger partial charge in [0.15, 0.2) is 6.29 Å². The van der Waals surface area contributed by atoms with Gasteiger partial charge in [0.2, 0.25) is 0 Å². The zero-order chi connectivity index (χ0) is 16.1. The summed E-state index contributed by atoms with van der Waals surface area (Å²) in [6.07, 6.45) is -4.02. The lowest BCUT2D eigenvalue weighted by Crippen LogP contribution is -2.05. The summed E-state index contributed by atoms with van der Waals surface area (Å²) in [7, 11) is 0. The standard InChI is InChI=1S/C14H6Cl2F3NOS/c15-10-4-7(13(16)22-10)11-8(5-21)6-2-1-3-9(12(6)20-11)14(17,18)19/h1-5,20H. The minimum atomic E-state index is -4.53. The molecule has 3 aromatic rings. The molecule has 0 unspecified atom stereocenters. The number of benzene rings is 1. The van der Waals surface area contributed by atoms with Crippen LogP contribution in [0.15, 0.2) is 24.3 Å². The zero-order valence-electron chi connectivity index (χ0n) is 10.6. The second kappa shape index (κ2) is 5.30. The van der Waals surface area contributed by atoms with Gasteiger partial charge in [-0.2, -0.15) is 13.2 Å². The molecule has 0 fully saturated rings. The van der Waals surface area contributed by atoms with E-state index in [9.17, 15) is 18.0 Å². The van der Waals surface area contributed by atoms with E-state index in [2.05, 4.69) is 4.98 Å². The third-order valence-electron chi connectivity index (χ3n) is 3.22. The summed E-state index contributed by atoms with van der Waals surface area (Å²) in [5.74, 6) is 0. The first-order valence-electron chi connectivity index (χ1n) is 5.95. The normalized spacial score (nSPS) is 12.0. The Morgan fingerprint density at radius 3 is 2.50 bits per heavy atom. The number of rotatable bonds is 2. The molecule has 0 spiro atoms. The van der Waals surface area contributed by atoms with E-state index in [-0.39, 0.29) is 22.2 Å². The molecule has 8 heteroatoms. The van der Waals surface area contributed by atoms with Crippen molar-refractivity contribution in [3.63, 3.8) is 0 Å². The number of H-pyrrole nitrogens is 1. The number of fused-ring (bicyclic) bond motifs is 1. The summed E-state index contributed by atoms with van der Waals surface area (Å²) in [5, 5.41) is 0.193. The van der Waals surface area contributed by atoms with Crippen LogP contribution >= 0.6 is 34.5 Å². The van der Waals surface area contributed by atoms with Crippen LogP contribution in [0.1, 0.15) is 15.9 Å². The fourth-order valence-electron chi connectivity index (χ4n) is 2.32. The predicted molar refractivity (Wildman–Crippen MR) is 82.0 cm³/mol. The monoisotopic (exact) mass is 363 g/mol. The Morgan fingerprint density at radius 2 is 1.95 bits per heavy atom. The first-order valence-corrected chi connectivity index (χ1v) is 7.52. The van der Waals surface area contributed by atoms with E-state index in [1.54, 1.807) is 0 Å². The zero-order valence-corrected chi connectivity index (χ0v) is 12.9. The Bertz CT molecular complexity index is 882. The molecule has 114 valence electrons. The van der Waals surface area contributed by atoms with Gasteiger partial charge in [-0.05, 0) is 12.1 Å². The van der Waals surface area contributed by atoms with Gasteiger partial charge in [0, 0.05) is 16.5 Å². The first-order chi connectivity index (χ1) is 10.3. The molecule has 0 atom stereocenters. The Hall–Kier alpha value is -1.50. The number of carbonyl (C=O) groups excluding carboxylic acids is 1. The number of aldehydes is 1. The van der Waals surface area contributed by atoms with Gasteiger partial charge in [0.05, 0.1) is 21.1 Å². The number of nitrogens with one attached hydrogen (secondary N) is 1. The van der Waals surface area contributed by atoms with Crippen molar-refractivity contribution < 1.29 is 18.0 Å². The van der Waals surface area contributed by atoms with Crippen LogP contribution in [0.3, 0.4) is 0 Å². The number of aromatic nitrogens is 1. The maximum Gasteiger partial charge on any atom is 0.418 e. The van der Waals surface area contributed by atoms with E-state index in [0.29, 0.717) is 20.5 Å². The number of hydrogen-bond acceptors (Lipinski definition) is 2. The minimum Gasteiger partial charge on any atom is -0.353 e. The van der Waals surface area contributed by atoms with Crippen molar-refractivity contribution in [2.75, 3.05) is 0 Å². The average Bonchev–Trinajstić information content (AvgIpc) is 2.96. The van der Waals surface area contributed by atoms with Crippen molar-refractivity contribution in [1.29, 1.82) is 0 Å². The van der Waals surface area contributed by atoms with Crippen molar-refractivity contribution >= 4 is 51.7 Å². The number of alkyl halides is 3. The Kier molecular flexibility index (Phi) is 3.71. The Labute approximate surface area is 136 Å².